The highest BCUT2D eigenvalue weighted by Gasteiger charge is 1.94. The molecule has 0 radical (unpaired) electrons. The van der Waals surface area contributed by atoms with Crippen LogP contribution in [0.4, 0.5) is 4.79 Å². The number of carbonyl (C=O) groups is 1. The second kappa shape index (κ2) is 5.37. The fraction of sp³-hybridized carbons (Fsp3) is 0.143. The molecule has 0 unspecified atom stereocenters. The summed E-state index contributed by atoms with van der Waals surface area (Å²) in [5.41, 5.74) is 5.58. The van der Waals surface area contributed by atoms with Gasteiger partial charge < -0.3 is 10.5 Å². The fourth-order valence-electron chi connectivity index (χ4n) is 0.638. The molecule has 0 saturated carbocycles. The van der Waals surface area contributed by atoms with Crippen molar-refractivity contribution in [2.45, 2.75) is 6.61 Å². The Morgan fingerprint density at radius 2 is 2.42 bits per heavy atom. The van der Waals surface area contributed by atoms with Crippen LogP contribution in [0.3, 0.4) is 0 Å². The Bertz CT molecular complexity index is 240. The van der Waals surface area contributed by atoms with Crippen molar-refractivity contribution in [2.24, 2.45) is 5.73 Å². The minimum absolute atomic E-state index is 0. The van der Waals surface area contributed by atoms with Crippen LogP contribution >= 0.6 is 12.4 Å². The Hall–Kier alpha value is -1.29. The van der Waals surface area contributed by atoms with Crippen molar-refractivity contribution in [1.29, 1.82) is 0 Å². The molecule has 2 N–H and O–H groups in total. The largest absolute Gasteiger partial charge is 0.445 e. The molecule has 0 aliphatic carbocycles. The normalized spacial score (nSPS) is 8.33. The Morgan fingerprint density at radius 1 is 1.67 bits per heavy atom. The fourth-order valence-corrected chi connectivity index (χ4v) is 0.638. The van der Waals surface area contributed by atoms with Crippen molar-refractivity contribution in [3.8, 4) is 0 Å². The summed E-state index contributed by atoms with van der Waals surface area (Å²) in [6.45, 7) is 0.184. The maximum Gasteiger partial charge on any atom is 0.404 e. The van der Waals surface area contributed by atoms with E-state index in [2.05, 4.69) is 9.72 Å². The Morgan fingerprint density at radius 3 is 2.92 bits per heavy atom. The van der Waals surface area contributed by atoms with Gasteiger partial charge in [0.1, 0.15) is 6.61 Å². The van der Waals surface area contributed by atoms with Gasteiger partial charge in [-0.2, -0.15) is 0 Å². The van der Waals surface area contributed by atoms with Gasteiger partial charge in [-0.25, -0.2) is 4.79 Å². The molecule has 1 heterocycles. The first-order valence-corrected chi connectivity index (χ1v) is 3.10. The van der Waals surface area contributed by atoms with Gasteiger partial charge >= 0.3 is 6.09 Å². The van der Waals surface area contributed by atoms with Gasteiger partial charge in [-0.05, 0) is 6.07 Å². The van der Waals surface area contributed by atoms with Crippen LogP contribution in [0.5, 0.6) is 0 Å². The van der Waals surface area contributed by atoms with Gasteiger partial charge in [0.25, 0.3) is 0 Å². The number of hydrogen-bond acceptors (Lipinski definition) is 3. The molecule has 0 aromatic carbocycles. The van der Waals surface area contributed by atoms with Gasteiger partial charge in [0, 0.05) is 18.0 Å². The number of aromatic nitrogens is 1. The highest BCUT2D eigenvalue weighted by Crippen LogP contribution is 1.96. The monoisotopic (exact) mass is 188 g/mol. The zero-order valence-electron chi connectivity index (χ0n) is 6.27. The first-order valence-electron chi connectivity index (χ1n) is 3.10. The van der Waals surface area contributed by atoms with Crippen LogP contribution in [0.2, 0.25) is 0 Å². The lowest BCUT2D eigenvalue weighted by atomic mass is 10.3. The number of halogens is 1. The molecule has 1 rings (SSSR count). The quantitative estimate of drug-likeness (QED) is 0.756. The van der Waals surface area contributed by atoms with Crippen LogP contribution < -0.4 is 5.73 Å². The molecule has 1 aromatic rings. The van der Waals surface area contributed by atoms with E-state index in [4.69, 9.17) is 5.73 Å². The van der Waals surface area contributed by atoms with E-state index < -0.39 is 6.09 Å². The summed E-state index contributed by atoms with van der Waals surface area (Å²) in [6.07, 6.45) is 2.49. The summed E-state index contributed by atoms with van der Waals surface area (Å²) in [6, 6.07) is 3.57. The van der Waals surface area contributed by atoms with Crippen molar-refractivity contribution in [1.82, 2.24) is 4.98 Å². The molecule has 5 heteroatoms. The van der Waals surface area contributed by atoms with E-state index in [1.54, 1.807) is 24.5 Å². The van der Waals surface area contributed by atoms with Crippen LogP contribution in [0.15, 0.2) is 24.5 Å². The number of nitrogens with zero attached hydrogens (tertiary/aromatic N) is 1. The van der Waals surface area contributed by atoms with Gasteiger partial charge in [-0.1, -0.05) is 6.07 Å². The van der Waals surface area contributed by atoms with Crippen molar-refractivity contribution >= 4 is 18.5 Å². The van der Waals surface area contributed by atoms with Crippen LogP contribution in [-0.4, -0.2) is 11.1 Å². The summed E-state index contributed by atoms with van der Waals surface area (Å²) < 4.78 is 4.53. The third-order valence-corrected chi connectivity index (χ3v) is 1.10. The Balaban J connectivity index is 0.00000121. The number of nitrogens with two attached hydrogens (primary N) is 1. The third kappa shape index (κ3) is 3.78. The standard InChI is InChI=1S/C7H8N2O2.ClH/c8-7(10)11-5-6-2-1-3-9-4-6;/h1-4H,5H2,(H2,8,10);1H. The molecule has 0 aliphatic heterocycles. The van der Waals surface area contributed by atoms with E-state index in [1.807, 2.05) is 0 Å². The predicted molar refractivity (Wildman–Crippen MR) is 45.9 cm³/mol. The third-order valence-electron chi connectivity index (χ3n) is 1.10. The van der Waals surface area contributed by atoms with E-state index in [1.165, 1.54) is 0 Å². The first kappa shape index (κ1) is 10.7. The molecule has 1 amide bonds. The van der Waals surface area contributed by atoms with E-state index in [0.717, 1.165) is 5.56 Å². The van der Waals surface area contributed by atoms with Crippen molar-refractivity contribution in [2.75, 3.05) is 0 Å². The molecule has 0 bridgehead atoms. The topological polar surface area (TPSA) is 65.2 Å². The van der Waals surface area contributed by atoms with Gasteiger partial charge in [-0.3, -0.25) is 4.98 Å². The molecule has 1 aromatic heterocycles. The molecular weight excluding hydrogens is 180 g/mol. The minimum atomic E-state index is -0.770. The van der Waals surface area contributed by atoms with Crippen LogP contribution in [-0.2, 0) is 11.3 Å². The second-order valence-electron chi connectivity index (χ2n) is 1.97. The lowest BCUT2D eigenvalue weighted by molar-refractivity contribution is 0.150. The number of ether oxygens (including phenoxy) is 1. The number of amides is 1. The van der Waals surface area contributed by atoms with Gasteiger partial charge in [-0.15, -0.1) is 12.4 Å². The zero-order chi connectivity index (χ0) is 8.10. The van der Waals surface area contributed by atoms with E-state index in [-0.39, 0.29) is 19.0 Å². The molecule has 12 heavy (non-hydrogen) atoms. The smallest absolute Gasteiger partial charge is 0.404 e. The SMILES string of the molecule is Cl.NC(=O)OCc1cccnc1. The number of pyridine rings is 1. The Labute approximate surface area is 76.1 Å². The maximum atomic E-state index is 10.2. The number of primary amides is 1. The summed E-state index contributed by atoms with van der Waals surface area (Å²) in [7, 11) is 0. The average Bonchev–Trinajstić information content (AvgIpc) is 2.03. The van der Waals surface area contributed by atoms with Crippen LogP contribution in [0, 0.1) is 0 Å². The molecule has 4 nitrogen and oxygen atoms in total. The molecule has 0 aliphatic rings. The van der Waals surface area contributed by atoms with Gasteiger partial charge in [0.2, 0.25) is 0 Å². The molecule has 0 spiro atoms. The summed E-state index contributed by atoms with van der Waals surface area (Å²) in [4.78, 5) is 14.0. The summed E-state index contributed by atoms with van der Waals surface area (Å²) in [5.74, 6) is 0. The van der Waals surface area contributed by atoms with Gasteiger partial charge in [0.15, 0.2) is 0 Å². The molecular formula is C7H9ClN2O2. The van der Waals surface area contributed by atoms with Crippen LogP contribution in [0.25, 0.3) is 0 Å². The van der Waals surface area contributed by atoms with Crippen molar-refractivity contribution in [3.63, 3.8) is 0 Å². The minimum Gasteiger partial charge on any atom is -0.445 e. The average molecular weight is 189 g/mol. The first-order chi connectivity index (χ1) is 5.29. The highest BCUT2D eigenvalue weighted by atomic mass is 35.5. The maximum absolute atomic E-state index is 10.2. The summed E-state index contributed by atoms with van der Waals surface area (Å²) in [5, 5.41) is 0. The Kier molecular flexibility index (Phi) is 4.79. The van der Waals surface area contributed by atoms with Gasteiger partial charge in [0.05, 0.1) is 0 Å². The predicted octanol–water partition coefficient (Wildman–Crippen LogP) is 1.10. The van der Waals surface area contributed by atoms with Crippen molar-refractivity contribution in [3.05, 3.63) is 30.1 Å². The molecule has 0 fully saturated rings. The number of rotatable bonds is 2. The molecule has 66 valence electrons. The van der Waals surface area contributed by atoms with Crippen molar-refractivity contribution < 1.29 is 9.53 Å². The van der Waals surface area contributed by atoms with Crippen LogP contribution in [0.1, 0.15) is 5.56 Å². The zero-order valence-corrected chi connectivity index (χ0v) is 7.08. The lowest BCUT2D eigenvalue weighted by Crippen LogP contribution is -2.12. The number of carbonyl (C=O) groups excluding carboxylic acids is 1. The summed E-state index contributed by atoms with van der Waals surface area (Å²) >= 11 is 0. The second-order valence-corrected chi connectivity index (χ2v) is 1.97. The molecule has 0 atom stereocenters. The van der Waals surface area contributed by atoms with E-state index in [9.17, 15) is 4.79 Å². The highest BCUT2D eigenvalue weighted by molar-refractivity contribution is 5.85. The molecule has 0 saturated heterocycles. The number of hydrogen-bond donors (Lipinski definition) is 1. The van der Waals surface area contributed by atoms with E-state index >= 15 is 0 Å². The van der Waals surface area contributed by atoms with E-state index in [0.29, 0.717) is 0 Å². The lowest BCUT2D eigenvalue weighted by Gasteiger charge is -1.98.